The molecule has 0 bridgehead atoms. The Kier molecular flexibility index (Phi) is 6.87. The van der Waals surface area contributed by atoms with Crippen LogP contribution in [0.2, 0.25) is 0 Å². The number of aromatic amines is 1. The summed E-state index contributed by atoms with van der Waals surface area (Å²) in [4.78, 5) is 31.6. The number of nitrogens with one attached hydrogen (secondary N) is 3. The van der Waals surface area contributed by atoms with Crippen LogP contribution in [0.5, 0.6) is 0 Å². The van der Waals surface area contributed by atoms with E-state index >= 15 is 0 Å². The second-order valence-electron chi connectivity index (χ2n) is 9.41. The lowest BCUT2D eigenvalue weighted by molar-refractivity contribution is -0.118. The fourth-order valence-electron chi connectivity index (χ4n) is 3.71. The van der Waals surface area contributed by atoms with Crippen molar-refractivity contribution in [2.24, 2.45) is 5.92 Å². The van der Waals surface area contributed by atoms with Crippen LogP contribution in [0.1, 0.15) is 38.3 Å². The van der Waals surface area contributed by atoms with Crippen LogP contribution < -0.4 is 15.5 Å². The van der Waals surface area contributed by atoms with Gasteiger partial charge in [-0.15, -0.1) is 0 Å². The van der Waals surface area contributed by atoms with E-state index in [-0.39, 0.29) is 11.8 Å². The summed E-state index contributed by atoms with van der Waals surface area (Å²) in [5.41, 5.74) is 1.93. The van der Waals surface area contributed by atoms with E-state index in [9.17, 15) is 4.79 Å². The van der Waals surface area contributed by atoms with Gasteiger partial charge in [-0.25, -0.2) is 0 Å². The van der Waals surface area contributed by atoms with Gasteiger partial charge < -0.3 is 20.4 Å². The van der Waals surface area contributed by atoms with Crippen LogP contribution in [0.25, 0.3) is 0 Å². The standard InChI is InChI=1S/C24H31N9OS/c1-15(2)21(34)25-17-6-8-18(9-7-17)35-24-28-22(26-20-14-19(30-31-20)16-4-5-16)27-23(29-24)33-12-10-32(3)11-13-33/h6-9,14-16H,4-5,10-13H2,1-3H3,(H,25,34)(H2,26,27,28,29,30,31). The third-order valence-corrected chi connectivity index (χ3v) is 6.97. The quantitative estimate of drug-likeness (QED) is 0.432. The molecule has 35 heavy (non-hydrogen) atoms. The molecule has 1 aliphatic carbocycles. The molecule has 0 atom stereocenters. The fourth-order valence-corrected chi connectivity index (χ4v) is 4.45. The first-order valence-electron chi connectivity index (χ1n) is 12.0. The predicted molar refractivity (Wildman–Crippen MR) is 137 cm³/mol. The number of carbonyl (C=O) groups excluding carboxylic acids is 1. The maximum Gasteiger partial charge on any atom is 0.234 e. The highest BCUT2D eigenvalue weighted by molar-refractivity contribution is 7.99. The highest BCUT2D eigenvalue weighted by atomic mass is 32.2. The summed E-state index contributed by atoms with van der Waals surface area (Å²) in [7, 11) is 2.13. The Bertz CT molecular complexity index is 1170. The van der Waals surface area contributed by atoms with Crippen molar-refractivity contribution in [1.82, 2.24) is 30.0 Å². The molecule has 3 heterocycles. The number of benzene rings is 1. The highest BCUT2D eigenvalue weighted by Gasteiger charge is 2.26. The summed E-state index contributed by atoms with van der Waals surface area (Å²) < 4.78 is 0. The number of nitrogens with zero attached hydrogens (tertiary/aromatic N) is 6. The Morgan fingerprint density at radius 1 is 1.09 bits per heavy atom. The summed E-state index contributed by atoms with van der Waals surface area (Å²) in [5, 5.41) is 14.3. The van der Waals surface area contributed by atoms with Crippen LogP contribution in [0.3, 0.4) is 0 Å². The Labute approximate surface area is 209 Å². The first kappa shape index (κ1) is 23.6. The average molecular weight is 494 g/mol. The van der Waals surface area contributed by atoms with Crippen molar-refractivity contribution in [2.45, 2.75) is 42.7 Å². The molecule has 1 aromatic carbocycles. The van der Waals surface area contributed by atoms with E-state index in [2.05, 4.69) is 42.7 Å². The number of piperazine rings is 1. The monoisotopic (exact) mass is 493 g/mol. The molecule has 1 amide bonds. The Balaban J connectivity index is 1.35. The lowest BCUT2D eigenvalue weighted by Gasteiger charge is -2.32. The minimum absolute atomic E-state index is 0.00128. The molecule has 0 radical (unpaired) electrons. The van der Waals surface area contributed by atoms with E-state index in [0.717, 1.165) is 42.5 Å². The molecular formula is C24H31N9OS. The summed E-state index contributed by atoms with van der Waals surface area (Å²) in [6.07, 6.45) is 2.42. The second kappa shape index (κ2) is 10.2. The summed E-state index contributed by atoms with van der Waals surface area (Å²) >= 11 is 1.46. The smallest absolute Gasteiger partial charge is 0.234 e. The van der Waals surface area contributed by atoms with Gasteiger partial charge >= 0.3 is 0 Å². The van der Waals surface area contributed by atoms with Gasteiger partial charge in [0.1, 0.15) is 0 Å². The lowest BCUT2D eigenvalue weighted by Crippen LogP contribution is -2.45. The molecule has 1 saturated heterocycles. The molecule has 1 saturated carbocycles. The Morgan fingerprint density at radius 2 is 1.83 bits per heavy atom. The fraction of sp³-hybridized carbons (Fsp3) is 0.458. The van der Waals surface area contributed by atoms with Crippen molar-refractivity contribution in [2.75, 3.05) is 48.8 Å². The Morgan fingerprint density at radius 3 is 2.51 bits per heavy atom. The molecule has 1 aliphatic heterocycles. The molecule has 10 nitrogen and oxygen atoms in total. The van der Waals surface area contributed by atoms with Crippen molar-refractivity contribution < 1.29 is 4.79 Å². The number of hydrogen-bond donors (Lipinski definition) is 3. The Hall–Kier alpha value is -3.18. The van der Waals surface area contributed by atoms with Crippen molar-refractivity contribution in [3.8, 4) is 0 Å². The molecule has 11 heteroatoms. The molecule has 184 valence electrons. The van der Waals surface area contributed by atoms with Gasteiger partial charge in [-0.1, -0.05) is 13.8 Å². The first-order chi connectivity index (χ1) is 16.9. The van der Waals surface area contributed by atoms with E-state index in [4.69, 9.17) is 9.97 Å². The summed E-state index contributed by atoms with van der Waals surface area (Å²) in [5.74, 6) is 2.38. The summed E-state index contributed by atoms with van der Waals surface area (Å²) in [6, 6.07) is 9.75. The number of aromatic nitrogens is 5. The number of H-pyrrole nitrogens is 1. The normalized spacial score (nSPS) is 16.5. The largest absolute Gasteiger partial charge is 0.338 e. The van der Waals surface area contributed by atoms with Gasteiger partial charge in [0.2, 0.25) is 17.8 Å². The minimum Gasteiger partial charge on any atom is -0.338 e. The number of carbonyl (C=O) groups is 1. The van der Waals surface area contributed by atoms with Crippen molar-refractivity contribution in [3.63, 3.8) is 0 Å². The SMILES string of the molecule is CC(C)C(=O)Nc1ccc(Sc2nc(Nc3cc(C4CC4)[nH]n3)nc(N3CCN(C)CC3)n2)cc1. The number of anilines is 4. The number of hydrogen-bond acceptors (Lipinski definition) is 9. The van der Waals surface area contributed by atoms with Crippen LogP contribution in [0.4, 0.5) is 23.4 Å². The zero-order valence-electron chi connectivity index (χ0n) is 20.3. The number of rotatable bonds is 8. The predicted octanol–water partition coefficient (Wildman–Crippen LogP) is 3.71. The molecule has 3 N–H and O–H groups in total. The van der Waals surface area contributed by atoms with Crippen LogP contribution in [-0.2, 0) is 4.79 Å². The van der Waals surface area contributed by atoms with Crippen LogP contribution in [0, 0.1) is 5.92 Å². The van der Waals surface area contributed by atoms with Crippen LogP contribution >= 0.6 is 11.8 Å². The van der Waals surface area contributed by atoms with Gasteiger partial charge in [0.15, 0.2) is 11.0 Å². The molecule has 2 aliphatic rings. The van der Waals surface area contributed by atoms with Gasteiger partial charge in [-0.2, -0.15) is 20.1 Å². The van der Waals surface area contributed by atoms with Crippen molar-refractivity contribution in [3.05, 3.63) is 36.0 Å². The zero-order valence-corrected chi connectivity index (χ0v) is 21.1. The second-order valence-corrected chi connectivity index (χ2v) is 10.5. The molecule has 2 aromatic heterocycles. The van der Waals surface area contributed by atoms with Gasteiger partial charge in [0.25, 0.3) is 0 Å². The molecule has 0 spiro atoms. The molecule has 3 aromatic rings. The average Bonchev–Trinajstić information content (AvgIpc) is 3.59. The van der Waals surface area contributed by atoms with E-state index in [1.807, 2.05) is 44.2 Å². The molecule has 2 fully saturated rings. The van der Waals surface area contributed by atoms with Gasteiger partial charge in [0, 0.05) is 60.4 Å². The zero-order chi connectivity index (χ0) is 24.4. The van der Waals surface area contributed by atoms with Gasteiger partial charge in [0.05, 0.1) is 0 Å². The highest BCUT2D eigenvalue weighted by Crippen LogP contribution is 2.39. The van der Waals surface area contributed by atoms with Crippen LogP contribution in [0.15, 0.2) is 40.4 Å². The number of amides is 1. The third-order valence-electron chi connectivity index (χ3n) is 6.10. The molecule has 5 rings (SSSR count). The van der Waals surface area contributed by atoms with Crippen LogP contribution in [-0.4, -0.2) is 69.2 Å². The lowest BCUT2D eigenvalue weighted by atomic mass is 10.2. The van der Waals surface area contributed by atoms with Gasteiger partial charge in [-0.05, 0) is 55.9 Å². The summed E-state index contributed by atoms with van der Waals surface area (Å²) in [6.45, 7) is 7.40. The number of likely N-dealkylation sites (N-methyl/N-ethyl adjacent to an activating group) is 1. The molecular weight excluding hydrogens is 462 g/mol. The minimum atomic E-state index is -0.0666. The maximum atomic E-state index is 12.0. The van der Waals surface area contributed by atoms with E-state index in [1.54, 1.807) is 0 Å². The van der Waals surface area contributed by atoms with Crippen molar-refractivity contribution >= 4 is 41.1 Å². The topological polar surface area (TPSA) is 115 Å². The van der Waals surface area contributed by atoms with Crippen molar-refractivity contribution in [1.29, 1.82) is 0 Å². The van der Waals surface area contributed by atoms with E-state index in [1.165, 1.54) is 24.6 Å². The maximum absolute atomic E-state index is 12.0. The van der Waals surface area contributed by atoms with E-state index in [0.29, 0.717) is 28.8 Å². The van der Waals surface area contributed by atoms with E-state index < -0.39 is 0 Å². The third kappa shape index (κ3) is 6.09. The first-order valence-corrected chi connectivity index (χ1v) is 12.9. The molecule has 0 unspecified atom stereocenters. The van der Waals surface area contributed by atoms with Gasteiger partial charge in [-0.3, -0.25) is 9.89 Å².